The van der Waals surface area contributed by atoms with Gasteiger partial charge in [0.15, 0.2) is 11.5 Å². The van der Waals surface area contributed by atoms with Crippen molar-refractivity contribution < 1.29 is 17.9 Å². The molecule has 8 heteroatoms. The number of fused-ring (bicyclic) bond motifs is 1. The van der Waals surface area contributed by atoms with Gasteiger partial charge in [0.2, 0.25) is 10.0 Å². The number of nitrogens with zero attached hydrogens (tertiary/aromatic N) is 2. The fourth-order valence-electron chi connectivity index (χ4n) is 3.87. The van der Waals surface area contributed by atoms with Crippen LogP contribution < -0.4 is 19.7 Å². The molecule has 2 aliphatic heterocycles. The van der Waals surface area contributed by atoms with Crippen LogP contribution in [-0.4, -0.2) is 53.1 Å². The molecule has 1 fully saturated rings. The van der Waals surface area contributed by atoms with E-state index in [0.29, 0.717) is 24.6 Å². The Morgan fingerprint density at radius 3 is 2.43 bits per heavy atom. The molecule has 0 spiro atoms. The Morgan fingerprint density at radius 2 is 1.71 bits per heavy atom. The minimum absolute atomic E-state index is 0.210. The highest BCUT2D eigenvalue weighted by molar-refractivity contribution is 7.89. The standard InChI is InChI=1S/C20H25N3O4S/c1-26-19-7-6-16(12-20(19)27-2)28(24,25)23-13-15-4-3-5-18(17(15)14-23)22-10-8-21-9-11-22/h3-7,12,21H,8-11,13-14H2,1-2H3. The molecule has 2 aromatic rings. The molecule has 28 heavy (non-hydrogen) atoms. The van der Waals surface area contributed by atoms with Crippen molar-refractivity contribution in [1.29, 1.82) is 0 Å². The summed E-state index contributed by atoms with van der Waals surface area (Å²) in [7, 11) is -0.616. The molecule has 0 unspecified atom stereocenters. The van der Waals surface area contributed by atoms with E-state index >= 15 is 0 Å². The second kappa shape index (κ2) is 7.62. The predicted octanol–water partition coefficient (Wildman–Crippen LogP) is 1.82. The van der Waals surface area contributed by atoms with Gasteiger partial charge >= 0.3 is 0 Å². The summed E-state index contributed by atoms with van der Waals surface area (Å²) in [5.74, 6) is 0.911. The van der Waals surface area contributed by atoms with Crippen LogP contribution in [0, 0.1) is 0 Å². The van der Waals surface area contributed by atoms with Gasteiger partial charge in [-0.2, -0.15) is 4.31 Å². The first-order chi connectivity index (χ1) is 13.5. The van der Waals surface area contributed by atoms with Crippen LogP contribution in [0.25, 0.3) is 0 Å². The molecule has 0 atom stereocenters. The number of sulfonamides is 1. The van der Waals surface area contributed by atoms with E-state index < -0.39 is 10.0 Å². The Bertz CT molecular complexity index is 971. The molecular weight excluding hydrogens is 378 g/mol. The van der Waals surface area contributed by atoms with E-state index in [-0.39, 0.29) is 4.90 Å². The van der Waals surface area contributed by atoms with Gasteiger partial charge in [-0.05, 0) is 29.3 Å². The maximum absolute atomic E-state index is 13.3. The van der Waals surface area contributed by atoms with E-state index in [0.717, 1.165) is 43.0 Å². The molecule has 1 saturated heterocycles. The normalized spacial score (nSPS) is 17.4. The summed E-state index contributed by atoms with van der Waals surface area (Å²) in [4.78, 5) is 2.55. The maximum atomic E-state index is 13.3. The smallest absolute Gasteiger partial charge is 0.243 e. The van der Waals surface area contributed by atoms with E-state index in [1.54, 1.807) is 12.1 Å². The van der Waals surface area contributed by atoms with E-state index in [2.05, 4.69) is 16.3 Å². The van der Waals surface area contributed by atoms with Gasteiger partial charge in [0.25, 0.3) is 0 Å². The van der Waals surface area contributed by atoms with Crippen molar-refractivity contribution >= 4 is 15.7 Å². The van der Waals surface area contributed by atoms with Crippen LogP contribution >= 0.6 is 0 Å². The molecule has 0 amide bonds. The topological polar surface area (TPSA) is 71.1 Å². The molecule has 0 aromatic heterocycles. The number of ether oxygens (including phenoxy) is 2. The van der Waals surface area contributed by atoms with Crippen LogP contribution in [0.3, 0.4) is 0 Å². The summed E-state index contributed by atoms with van der Waals surface area (Å²) < 4.78 is 38.6. The first-order valence-electron chi connectivity index (χ1n) is 9.33. The molecule has 4 rings (SSSR count). The molecule has 7 nitrogen and oxygen atoms in total. The number of hydrogen-bond donors (Lipinski definition) is 1. The van der Waals surface area contributed by atoms with Gasteiger partial charge < -0.3 is 19.7 Å². The maximum Gasteiger partial charge on any atom is 0.243 e. The Labute approximate surface area is 165 Å². The summed E-state index contributed by atoms with van der Waals surface area (Å²) in [6.07, 6.45) is 0. The highest BCUT2D eigenvalue weighted by Gasteiger charge is 2.33. The van der Waals surface area contributed by atoms with E-state index in [9.17, 15) is 8.42 Å². The second-order valence-electron chi connectivity index (χ2n) is 6.94. The number of anilines is 1. The zero-order valence-corrected chi connectivity index (χ0v) is 17.0. The molecule has 2 aromatic carbocycles. The number of rotatable bonds is 5. The van der Waals surface area contributed by atoms with Crippen molar-refractivity contribution in [2.24, 2.45) is 0 Å². The first-order valence-corrected chi connectivity index (χ1v) is 10.8. The molecule has 2 heterocycles. The van der Waals surface area contributed by atoms with Gasteiger partial charge in [0.1, 0.15) is 0 Å². The minimum atomic E-state index is -3.64. The van der Waals surface area contributed by atoms with Crippen molar-refractivity contribution in [3.8, 4) is 11.5 Å². The fourth-order valence-corrected chi connectivity index (χ4v) is 5.27. The summed E-state index contributed by atoms with van der Waals surface area (Å²) in [5, 5.41) is 3.36. The SMILES string of the molecule is COc1ccc(S(=O)(=O)N2Cc3cccc(N4CCNCC4)c3C2)cc1OC. The Morgan fingerprint density at radius 1 is 0.964 bits per heavy atom. The third-order valence-electron chi connectivity index (χ3n) is 5.38. The molecule has 1 N–H and O–H groups in total. The van der Waals surface area contributed by atoms with Crippen LogP contribution in [0.1, 0.15) is 11.1 Å². The second-order valence-corrected chi connectivity index (χ2v) is 8.88. The molecule has 2 aliphatic rings. The molecule has 0 bridgehead atoms. The minimum Gasteiger partial charge on any atom is -0.493 e. The van der Waals surface area contributed by atoms with Crippen LogP contribution in [0.4, 0.5) is 5.69 Å². The van der Waals surface area contributed by atoms with Crippen molar-refractivity contribution in [1.82, 2.24) is 9.62 Å². The van der Waals surface area contributed by atoms with Crippen molar-refractivity contribution in [2.75, 3.05) is 45.3 Å². The van der Waals surface area contributed by atoms with Gasteiger partial charge in [0, 0.05) is 51.0 Å². The number of methoxy groups -OCH3 is 2. The molecule has 150 valence electrons. The van der Waals surface area contributed by atoms with Gasteiger partial charge in [-0.25, -0.2) is 8.42 Å². The van der Waals surface area contributed by atoms with Gasteiger partial charge in [-0.1, -0.05) is 12.1 Å². The number of benzene rings is 2. The molecule has 0 saturated carbocycles. The average molecular weight is 404 g/mol. The lowest BCUT2D eigenvalue weighted by molar-refractivity contribution is 0.353. The van der Waals surface area contributed by atoms with E-state index in [1.807, 2.05) is 12.1 Å². The largest absolute Gasteiger partial charge is 0.493 e. The number of nitrogens with one attached hydrogen (secondary N) is 1. The highest BCUT2D eigenvalue weighted by Crippen LogP contribution is 2.37. The predicted molar refractivity (Wildman–Crippen MR) is 108 cm³/mol. The average Bonchev–Trinajstić information content (AvgIpc) is 3.19. The van der Waals surface area contributed by atoms with Crippen molar-refractivity contribution in [3.63, 3.8) is 0 Å². The van der Waals surface area contributed by atoms with Crippen LogP contribution in [-0.2, 0) is 23.1 Å². The molecule has 0 radical (unpaired) electrons. The molecule has 0 aliphatic carbocycles. The zero-order chi connectivity index (χ0) is 19.7. The highest BCUT2D eigenvalue weighted by atomic mass is 32.2. The lowest BCUT2D eigenvalue weighted by Crippen LogP contribution is -2.43. The van der Waals surface area contributed by atoms with Gasteiger partial charge in [0.05, 0.1) is 19.1 Å². The fraction of sp³-hybridized carbons (Fsp3) is 0.400. The third kappa shape index (κ3) is 3.32. The monoisotopic (exact) mass is 403 g/mol. The quantitative estimate of drug-likeness (QED) is 0.821. The van der Waals surface area contributed by atoms with Gasteiger partial charge in [-0.3, -0.25) is 0 Å². The third-order valence-corrected chi connectivity index (χ3v) is 7.17. The van der Waals surface area contributed by atoms with Crippen molar-refractivity contribution in [3.05, 3.63) is 47.5 Å². The van der Waals surface area contributed by atoms with Crippen LogP contribution in [0.15, 0.2) is 41.3 Å². The van der Waals surface area contributed by atoms with E-state index in [4.69, 9.17) is 9.47 Å². The van der Waals surface area contributed by atoms with Crippen LogP contribution in [0.5, 0.6) is 11.5 Å². The number of hydrogen-bond acceptors (Lipinski definition) is 6. The summed E-state index contributed by atoms with van der Waals surface area (Å²) in [6.45, 7) is 4.50. The zero-order valence-electron chi connectivity index (χ0n) is 16.1. The van der Waals surface area contributed by atoms with E-state index in [1.165, 1.54) is 24.6 Å². The Kier molecular flexibility index (Phi) is 5.18. The molecular formula is C20H25N3O4S. The van der Waals surface area contributed by atoms with Gasteiger partial charge in [-0.15, -0.1) is 0 Å². The van der Waals surface area contributed by atoms with Crippen molar-refractivity contribution in [2.45, 2.75) is 18.0 Å². The lowest BCUT2D eigenvalue weighted by atomic mass is 10.1. The first kappa shape index (κ1) is 19.0. The van der Waals surface area contributed by atoms with Crippen LogP contribution in [0.2, 0.25) is 0 Å². The lowest BCUT2D eigenvalue weighted by Gasteiger charge is -2.31. The Hall–Kier alpha value is -2.29. The number of piperazine rings is 1. The summed E-state index contributed by atoms with van der Waals surface area (Å²) in [5.41, 5.74) is 3.32. The Balaban J connectivity index is 1.64. The summed E-state index contributed by atoms with van der Waals surface area (Å²) in [6, 6.07) is 10.8. The summed E-state index contributed by atoms with van der Waals surface area (Å²) >= 11 is 0.